The number of fused-ring (bicyclic) bond motifs is 6. The lowest BCUT2D eigenvalue weighted by molar-refractivity contribution is 1.18. The van der Waals surface area contributed by atoms with Gasteiger partial charge < -0.3 is 0 Å². The van der Waals surface area contributed by atoms with Crippen molar-refractivity contribution >= 4 is 43.4 Å². The minimum Gasteiger partial charge on any atom is -0.247 e. The maximum atomic E-state index is 5.25. The highest BCUT2D eigenvalue weighted by Gasteiger charge is 2.21. The summed E-state index contributed by atoms with van der Waals surface area (Å²) in [6.07, 6.45) is 0. The van der Waals surface area contributed by atoms with Gasteiger partial charge in [0.15, 0.2) is 11.6 Å². The number of pyridine rings is 2. The van der Waals surface area contributed by atoms with Crippen molar-refractivity contribution in [3.63, 3.8) is 0 Å². The van der Waals surface area contributed by atoms with E-state index in [0.29, 0.717) is 11.6 Å². The number of nitrogens with zero attached hydrogens (tertiary/aromatic N) is 6. The molecule has 552 valence electrons. The second kappa shape index (κ2) is 32.0. The zero-order chi connectivity index (χ0) is 78.5. The van der Waals surface area contributed by atoms with Gasteiger partial charge in [0.05, 0.1) is 45.2 Å². The summed E-state index contributed by atoms with van der Waals surface area (Å²) in [7, 11) is 0. The maximum absolute atomic E-state index is 5.25. The smallest absolute Gasteiger partial charge is 0.160 e. The van der Waals surface area contributed by atoms with Crippen molar-refractivity contribution in [1.29, 1.82) is 0 Å². The van der Waals surface area contributed by atoms with Crippen molar-refractivity contribution in [2.45, 2.75) is 0 Å². The van der Waals surface area contributed by atoms with Crippen LogP contribution in [0.5, 0.6) is 0 Å². The van der Waals surface area contributed by atoms with Crippen molar-refractivity contribution in [3.05, 3.63) is 449 Å². The molecule has 17 aromatic carbocycles. The Labute approximate surface area is 685 Å². The Morgan fingerprint density at radius 3 is 0.771 bits per heavy atom. The first-order chi connectivity index (χ1) is 58.5. The molecule has 6 nitrogen and oxygen atoms in total. The van der Waals surface area contributed by atoms with Gasteiger partial charge in [0.1, 0.15) is 0 Å². The van der Waals surface area contributed by atoms with Crippen LogP contribution >= 0.6 is 0 Å². The third kappa shape index (κ3) is 14.6. The molecule has 0 aliphatic rings. The molecule has 0 atom stereocenters. The van der Waals surface area contributed by atoms with E-state index >= 15 is 0 Å². The highest BCUT2D eigenvalue weighted by Crippen LogP contribution is 2.44. The van der Waals surface area contributed by atoms with Crippen LogP contribution in [0.25, 0.3) is 212 Å². The van der Waals surface area contributed by atoms with Crippen LogP contribution in [0, 0.1) is 0 Å². The van der Waals surface area contributed by atoms with Crippen molar-refractivity contribution in [2.24, 2.45) is 0 Å². The van der Waals surface area contributed by atoms with Crippen molar-refractivity contribution in [2.75, 3.05) is 0 Å². The van der Waals surface area contributed by atoms with Gasteiger partial charge in [-0.05, 0) is 132 Å². The molecule has 0 bridgehead atoms. The van der Waals surface area contributed by atoms with E-state index in [1.165, 1.54) is 38.6 Å². The van der Waals surface area contributed by atoms with Crippen LogP contribution in [0.1, 0.15) is 0 Å². The van der Waals surface area contributed by atoms with Gasteiger partial charge in [0.2, 0.25) is 0 Å². The Balaban J connectivity index is 0.000000152. The number of rotatable bonds is 15. The van der Waals surface area contributed by atoms with E-state index in [1.54, 1.807) is 0 Å². The molecule has 21 aromatic rings. The van der Waals surface area contributed by atoms with Gasteiger partial charge in [-0.2, -0.15) is 0 Å². The zero-order valence-corrected chi connectivity index (χ0v) is 64.4. The predicted octanol–water partition coefficient (Wildman–Crippen LogP) is 29.4. The highest BCUT2D eigenvalue weighted by atomic mass is 14.9. The minimum absolute atomic E-state index is 0.684. The van der Waals surface area contributed by atoms with Crippen LogP contribution in [0.15, 0.2) is 449 Å². The fourth-order valence-corrected chi connectivity index (χ4v) is 16.3. The zero-order valence-electron chi connectivity index (χ0n) is 64.4. The summed E-state index contributed by atoms with van der Waals surface area (Å²) < 4.78 is 0. The Kier molecular flexibility index (Phi) is 19.3. The first-order valence-electron chi connectivity index (χ1n) is 39.9. The van der Waals surface area contributed by atoms with Crippen LogP contribution in [0.4, 0.5) is 0 Å². The maximum Gasteiger partial charge on any atom is 0.160 e. The lowest BCUT2D eigenvalue weighted by Gasteiger charge is -2.15. The monoisotopic (exact) mass is 1500 g/mol. The number of hydrogen-bond donors (Lipinski definition) is 0. The SMILES string of the molecule is c1ccc(-c2ccc(-c3cc(-c4cccc(-c5cccc(-c6cccc7c(-c8ccccc8)nc8ccccc8c67)c5)c4)nc(-c4ccc(-c5ccccc5)cc4)n3)cc2)cc1.c1ccc(-c2cccc(-c3nc(-c4ccccc4)cc(-c4cccc(-c5cccc(-c6cccc7c(-c8ccccc8)nc8ccccc8c67)c5)c4)n3)c2)cc1. The predicted molar refractivity (Wildman–Crippen MR) is 491 cm³/mol. The van der Waals surface area contributed by atoms with Gasteiger partial charge in [-0.15, -0.1) is 0 Å². The molecule has 0 saturated carbocycles. The summed E-state index contributed by atoms with van der Waals surface area (Å²) in [6.45, 7) is 0. The Bertz CT molecular complexity index is 7140. The fourth-order valence-electron chi connectivity index (χ4n) is 16.3. The summed E-state index contributed by atoms with van der Waals surface area (Å²) in [5.74, 6) is 1.38. The van der Waals surface area contributed by atoms with Crippen LogP contribution in [-0.2, 0) is 0 Å². The minimum atomic E-state index is 0.684. The largest absolute Gasteiger partial charge is 0.247 e. The lowest BCUT2D eigenvalue weighted by atomic mass is 9.91. The molecule has 0 aliphatic carbocycles. The van der Waals surface area contributed by atoms with Gasteiger partial charge in [-0.25, -0.2) is 29.9 Å². The fraction of sp³-hybridized carbons (Fsp3) is 0. The Morgan fingerprint density at radius 1 is 0.127 bits per heavy atom. The third-order valence-electron chi connectivity index (χ3n) is 22.2. The molecule has 4 heterocycles. The summed E-state index contributed by atoms with van der Waals surface area (Å²) >= 11 is 0. The molecule has 0 fully saturated rings. The molecule has 0 aliphatic heterocycles. The Hall–Kier alpha value is -15.8. The lowest BCUT2D eigenvalue weighted by Crippen LogP contribution is -1.96. The normalized spacial score (nSPS) is 11.2. The van der Waals surface area contributed by atoms with E-state index in [2.05, 4.69) is 425 Å². The van der Waals surface area contributed by atoms with Crippen molar-refractivity contribution in [1.82, 2.24) is 29.9 Å². The van der Waals surface area contributed by atoms with Crippen LogP contribution in [0.2, 0.25) is 0 Å². The quantitative estimate of drug-likeness (QED) is 0.0952. The van der Waals surface area contributed by atoms with Gasteiger partial charge in [-0.3, -0.25) is 0 Å². The molecule has 0 N–H and O–H groups in total. The molecule has 0 unspecified atom stereocenters. The van der Waals surface area contributed by atoms with Gasteiger partial charge >= 0.3 is 0 Å². The van der Waals surface area contributed by atoms with Crippen LogP contribution in [-0.4, -0.2) is 29.9 Å². The molecule has 4 aromatic heterocycles. The highest BCUT2D eigenvalue weighted by molar-refractivity contribution is 6.18. The average molecular weight is 1500 g/mol. The average Bonchev–Trinajstić information content (AvgIpc) is 0.747. The topological polar surface area (TPSA) is 77.3 Å². The molecule has 118 heavy (non-hydrogen) atoms. The molecule has 0 spiro atoms. The molecule has 0 radical (unpaired) electrons. The van der Waals surface area contributed by atoms with E-state index in [-0.39, 0.29) is 0 Å². The van der Waals surface area contributed by atoms with Gasteiger partial charge in [0.25, 0.3) is 0 Å². The molecular formula is C112H74N6. The number of para-hydroxylation sites is 2. The van der Waals surface area contributed by atoms with Crippen LogP contribution < -0.4 is 0 Å². The second-order valence-corrected chi connectivity index (χ2v) is 29.6. The second-order valence-electron chi connectivity index (χ2n) is 29.6. The molecular weight excluding hydrogens is 1430 g/mol. The van der Waals surface area contributed by atoms with Crippen molar-refractivity contribution < 1.29 is 0 Å². The van der Waals surface area contributed by atoms with Crippen molar-refractivity contribution in [3.8, 4) is 168 Å². The Morgan fingerprint density at radius 2 is 0.364 bits per heavy atom. The van der Waals surface area contributed by atoms with E-state index < -0.39 is 0 Å². The summed E-state index contributed by atoms with van der Waals surface area (Å²) in [5.41, 5.74) is 31.9. The van der Waals surface area contributed by atoms with Crippen LogP contribution in [0.3, 0.4) is 0 Å². The molecule has 0 amide bonds. The first kappa shape index (κ1) is 71.3. The standard InChI is InChI=1S/C59H39N3.C53H35N3/c1-4-15-40(16-5-1)42-29-33-44(34-30-42)55-39-56(62-59(61-55)46-35-31-43(32-36-46)41-17-6-2-7-18-41)50-24-13-22-48(38-50)47-21-12-23-49(37-47)51-26-14-27-53-57(51)52-25-10-11-28-54(52)60-58(53)45-19-8-3-9-20-45;1-4-16-36(17-5-1)39-22-14-27-44(34-39)53-55-49(37-18-6-2-7-19-37)35-50(56-53)43-26-13-24-41(33-43)40-23-12-25-42(32-40)45-29-15-30-47-51(45)46-28-10-11-31-48(46)54-52(47)38-20-8-3-9-21-38/h1-39H;1-35H. The number of hydrogen-bond acceptors (Lipinski definition) is 6. The van der Waals surface area contributed by atoms with E-state index in [0.717, 1.165) is 161 Å². The molecule has 6 heteroatoms. The molecule has 0 saturated heterocycles. The van der Waals surface area contributed by atoms with E-state index in [1.807, 2.05) is 24.3 Å². The van der Waals surface area contributed by atoms with Gasteiger partial charge in [0, 0.05) is 76.8 Å². The molecule has 21 rings (SSSR count). The number of benzene rings is 17. The summed E-state index contributed by atoms with van der Waals surface area (Å²) in [6, 6.07) is 158. The van der Waals surface area contributed by atoms with E-state index in [9.17, 15) is 0 Å². The van der Waals surface area contributed by atoms with Gasteiger partial charge in [-0.1, -0.05) is 394 Å². The number of aromatic nitrogens is 6. The van der Waals surface area contributed by atoms with E-state index in [4.69, 9.17) is 29.9 Å². The third-order valence-corrected chi connectivity index (χ3v) is 22.2. The summed E-state index contributed by atoms with van der Waals surface area (Å²) in [4.78, 5) is 31.1. The first-order valence-corrected chi connectivity index (χ1v) is 39.9. The summed E-state index contributed by atoms with van der Waals surface area (Å²) in [5, 5.41) is 6.99.